The Kier molecular flexibility index (Phi) is 7.46. The molecule has 1 amide bonds. The number of thioether (sulfide) groups is 1. The van der Waals surface area contributed by atoms with Crippen molar-refractivity contribution in [1.82, 2.24) is 15.5 Å². The summed E-state index contributed by atoms with van der Waals surface area (Å²) in [7, 11) is 0. The third kappa shape index (κ3) is 6.87. The molecule has 0 bridgehead atoms. The number of amides is 1. The third-order valence-corrected chi connectivity index (χ3v) is 5.61. The molecule has 0 radical (unpaired) electrons. The van der Waals surface area contributed by atoms with Gasteiger partial charge in [-0.25, -0.2) is 4.79 Å². The molecule has 8 heteroatoms. The summed E-state index contributed by atoms with van der Waals surface area (Å²) in [6.07, 6.45) is 2.43. The summed E-state index contributed by atoms with van der Waals surface area (Å²) in [6, 6.07) is 0.127. The minimum Gasteiger partial charge on any atom is -0.444 e. The number of carbonyl (C=O) groups excluding carboxylic acids is 1. The molecule has 2 fully saturated rings. The summed E-state index contributed by atoms with van der Waals surface area (Å²) >= 11 is 1.77. The molecule has 0 spiro atoms. The van der Waals surface area contributed by atoms with Crippen LogP contribution < -0.4 is 10.6 Å². The van der Waals surface area contributed by atoms with Crippen molar-refractivity contribution in [2.24, 2.45) is 4.99 Å². The molecule has 0 aromatic heterocycles. The number of nitrogens with one attached hydrogen (secondary N) is 2. The second-order valence-corrected chi connectivity index (χ2v) is 9.24. The number of piperidine rings is 1. The topological polar surface area (TPSA) is 86.2 Å². The molecule has 2 saturated heterocycles. The molecule has 2 rings (SSSR count). The van der Waals surface area contributed by atoms with Crippen molar-refractivity contribution in [1.29, 1.82) is 0 Å². The van der Waals surface area contributed by atoms with Crippen molar-refractivity contribution < 1.29 is 14.6 Å². The van der Waals surface area contributed by atoms with Crippen LogP contribution in [0.25, 0.3) is 0 Å². The van der Waals surface area contributed by atoms with Gasteiger partial charge in [0.05, 0.1) is 12.1 Å². The summed E-state index contributed by atoms with van der Waals surface area (Å²) < 4.78 is 5.48. The van der Waals surface area contributed by atoms with E-state index in [0.29, 0.717) is 19.0 Å². The molecule has 2 aliphatic rings. The highest BCUT2D eigenvalue weighted by Crippen LogP contribution is 2.27. The molecule has 2 atom stereocenters. The summed E-state index contributed by atoms with van der Waals surface area (Å²) in [4.78, 5) is 18.7. The smallest absolute Gasteiger partial charge is 0.410 e. The standard InChI is InChI=1S/C18H34N4O3S/c1-5-19-15(20-12-18(24)8-10-26-13-18)21-14-7-6-9-22(11-14)16(23)25-17(2,3)4/h14,24H,5-13H2,1-4H3,(H2,19,20,21). The average molecular weight is 387 g/mol. The maximum Gasteiger partial charge on any atom is 0.410 e. The first-order valence-corrected chi connectivity index (χ1v) is 10.7. The van der Waals surface area contributed by atoms with Gasteiger partial charge in [-0.1, -0.05) is 0 Å². The Morgan fingerprint density at radius 3 is 2.85 bits per heavy atom. The number of likely N-dealkylation sites (tertiary alicyclic amines) is 1. The second-order valence-electron chi connectivity index (χ2n) is 8.13. The fraction of sp³-hybridized carbons (Fsp3) is 0.889. The Labute approximate surface area is 161 Å². The van der Waals surface area contributed by atoms with Gasteiger partial charge in [0.25, 0.3) is 0 Å². The lowest BCUT2D eigenvalue weighted by atomic mass is 10.0. The molecule has 3 N–H and O–H groups in total. The van der Waals surface area contributed by atoms with Crippen LogP contribution in [-0.4, -0.2) is 77.0 Å². The molecule has 7 nitrogen and oxygen atoms in total. The number of guanidine groups is 1. The summed E-state index contributed by atoms with van der Waals surface area (Å²) in [6.45, 7) is 10.1. The van der Waals surface area contributed by atoms with Gasteiger partial charge < -0.3 is 25.4 Å². The van der Waals surface area contributed by atoms with E-state index < -0.39 is 11.2 Å². The van der Waals surface area contributed by atoms with E-state index in [9.17, 15) is 9.90 Å². The van der Waals surface area contributed by atoms with Crippen molar-refractivity contribution >= 4 is 23.8 Å². The first kappa shape index (κ1) is 21.2. The molecule has 0 aliphatic carbocycles. The lowest BCUT2D eigenvalue weighted by Gasteiger charge is -2.35. The highest BCUT2D eigenvalue weighted by Gasteiger charge is 2.32. The highest BCUT2D eigenvalue weighted by atomic mass is 32.2. The van der Waals surface area contributed by atoms with E-state index in [0.717, 1.165) is 43.9 Å². The van der Waals surface area contributed by atoms with Gasteiger partial charge in [0, 0.05) is 31.4 Å². The van der Waals surface area contributed by atoms with Crippen molar-refractivity contribution in [3.8, 4) is 0 Å². The molecule has 26 heavy (non-hydrogen) atoms. The van der Waals surface area contributed by atoms with E-state index in [1.807, 2.05) is 27.7 Å². The van der Waals surface area contributed by atoms with Gasteiger partial charge in [-0.3, -0.25) is 4.99 Å². The van der Waals surface area contributed by atoms with E-state index in [1.54, 1.807) is 16.7 Å². The maximum absolute atomic E-state index is 12.3. The zero-order valence-electron chi connectivity index (χ0n) is 16.5. The van der Waals surface area contributed by atoms with Gasteiger partial charge >= 0.3 is 6.09 Å². The number of aliphatic hydroxyl groups is 1. The van der Waals surface area contributed by atoms with Crippen molar-refractivity contribution in [3.05, 3.63) is 0 Å². The Morgan fingerprint density at radius 2 is 2.23 bits per heavy atom. The monoisotopic (exact) mass is 386 g/mol. The van der Waals surface area contributed by atoms with Crippen LogP contribution in [0.3, 0.4) is 0 Å². The molecule has 2 heterocycles. The minimum atomic E-state index is -0.692. The van der Waals surface area contributed by atoms with Gasteiger partial charge in [0.1, 0.15) is 5.60 Å². The predicted molar refractivity (Wildman–Crippen MR) is 107 cm³/mol. The number of aliphatic imine (C=N–C) groups is 1. The zero-order valence-corrected chi connectivity index (χ0v) is 17.3. The lowest BCUT2D eigenvalue weighted by Crippen LogP contribution is -2.53. The van der Waals surface area contributed by atoms with Crippen LogP contribution in [0.1, 0.15) is 47.0 Å². The summed E-state index contributed by atoms with van der Waals surface area (Å²) in [5.74, 6) is 2.43. The molecule has 0 saturated carbocycles. The Morgan fingerprint density at radius 1 is 1.46 bits per heavy atom. The number of hydrogen-bond donors (Lipinski definition) is 3. The van der Waals surface area contributed by atoms with Crippen LogP contribution >= 0.6 is 11.8 Å². The van der Waals surface area contributed by atoms with Crippen LogP contribution in [-0.2, 0) is 4.74 Å². The highest BCUT2D eigenvalue weighted by molar-refractivity contribution is 7.99. The maximum atomic E-state index is 12.3. The first-order chi connectivity index (χ1) is 12.2. The molecule has 2 aliphatic heterocycles. The van der Waals surface area contributed by atoms with E-state index in [-0.39, 0.29) is 12.1 Å². The molecular formula is C18H34N4O3S. The Balaban J connectivity index is 1.91. The molecule has 150 valence electrons. The van der Waals surface area contributed by atoms with Crippen LogP contribution in [0.15, 0.2) is 4.99 Å². The van der Waals surface area contributed by atoms with Gasteiger partial charge in [-0.15, -0.1) is 0 Å². The minimum absolute atomic E-state index is 0.127. The van der Waals surface area contributed by atoms with Crippen molar-refractivity contribution in [2.45, 2.75) is 64.2 Å². The van der Waals surface area contributed by atoms with Crippen LogP contribution in [0.4, 0.5) is 4.79 Å². The van der Waals surface area contributed by atoms with Gasteiger partial charge in [-0.2, -0.15) is 11.8 Å². The molecule has 0 aromatic rings. The largest absolute Gasteiger partial charge is 0.444 e. The molecular weight excluding hydrogens is 352 g/mol. The SMILES string of the molecule is CCNC(=NCC1(O)CCSC1)NC1CCCN(C(=O)OC(C)(C)C)C1. The zero-order chi connectivity index (χ0) is 19.2. The van der Waals surface area contributed by atoms with E-state index >= 15 is 0 Å². The van der Waals surface area contributed by atoms with Crippen LogP contribution in [0, 0.1) is 0 Å². The first-order valence-electron chi connectivity index (χ1n) is 9.54. The molecule has 2 unspecified atom stereocenters. The summed E-state index contributed by atoms with van der Waals surface area (Å²) in [5, 5.41) is 17.1. The molecule has 0 aromatic carbocycles. The normalized spacial score (nSPS) is 27.3. The average Bonchev–Trinajstić information content (AvgIpc) is 2.99. The fourth-order valence-corrected chi connectivity index (χ4v) is 4.33. The number of carbonyl (C=O) groups is 1. The van der Waals surface area contributed by atoms with Crippen molar-refractivity contribution in [2.75, 3.05) is 37.7 Å². The number of ether oxygens (including phenoxy) is 1. The quantitative estimate of drug-likeness (QED) is 0.505. The van der Waals surface area contributed by atoms with E-state index in [4.69, 9.17) is 4.74 Å². The van der Waals surface area contributed by atoms with Gasteiger partial charge in [0.2, 0.25) is 0 Å². The summed E-state index contributed by atoms with van der Waals surface area (Å²) in [5.41, 5.74) is -1.18. The van der Waals surface area contributed by atoms with Crippen molar-refractivity contribution in [3.63, 3.8) is 0 Å². The Hall–Kier alpha value is -1.15. The lowest BCUT2D eigenvalue weighted by molar-refractivity contribution is 0.0193. The predicted octanol–water partition coefficient (Wildman–Crippen LogP) is 1.81. The Bertz CT molecular complexity index is 501. The number of hydrogen-bond acceptors (Lipinski definition) is 5. The van der Waals surface area contributed by atoms with Crippen LogP contribution in [0.2, 0.25) is 0 Å². The fourth-order valence-electron chi connectivity index (χ4n) is 3.05. The van der Waals surface area contributed by atoms with Gasteiger partial charge in [-0.05, 0) is 52.7 Å². The number of nitrogens with zero attached hydrogens (tertiary/aromatic N) is 2. The third-order valence-electron chi connectivity index (χ3n) is 4.37. The second kappa shape index (κ2) is 9.17. The van der Waals surface area contributed by atoms with E-state index in [2.05, 4.69) is 15.6 Å². The van der Waals surface area contributed by atoms with Gasteiger partial charge in [0.15, 0.2) is 5.96 Å². The van der Waals surface area contributed by atoms with E-state index in [1.165, 1.54) is 0 Å². The van der Waals surface area contributed by atoms with Crippen LogP contribution in [0.5, 0.6) is 0 Å². The number of rotatable bonds is 4.